The Labute approximate surface area is 182 Å². The highest BCUT2D eigenvalue weighted by atomic mass is 16.4. The number of aromatic carboxylic acids is 1. The molecule has 2 aromatic carbocycles. The molecule has 0 unspecified atom stereocenters. The van der Waals surface area contributed by atoms with Crippen molar-refractivity contribution in [2.45, 2.75) is 43.8 Å². The molecule has 160 valence electrons. The molecule has 4 aliphatic rings. The van der Waals surface area contributed by atoms with Crippen LogP contribution in [0.25, 0.3) is 10.9 Å². The Bertz CT molecular complexity index is 1140. The summed E-state index contributed by atoms with van der Waals surface area (Å²) in [6, 6.07) is 16.0. The minimum absolute atomic E-state index is 0.133. The van der Waals surface area contributed by atoms with Crippen molar-refractivity contribution in [2.75, 3.05) is 26.2 Å². The molecule has 0 atom stereocenters. The van der Waals surface area contributed by atoms with Crippen molar-refractivity contribution >= 4 is 16.9 Å². The zero-order chi connectivity index (χ0) is 21.2. The monoisotopic (exact) mass is 416 g/mol. The molecule has 1 saturated heterocycles. The molecular weight excluding hydrogens is 388 g/mol. The van der Waals surface area contributed by atoms with E-state index in [2.05, 4.69) is 51.7 Å². The molecular formula is C25H28N4O2. The maximum atomic E-state index is 11.3. The predicted molar refractivity (Wildman–Crippen MR) is 119 cm³/mol. The van der Waals surface area contributed by atoms with Gasteiger partial charge in [-0.25, -0.2) is 4.79 Å². The number of nitrogens with zero attached hydrogens (tertiary/aromatic N) is 4. The first-order valence-corrected chi connectivity index (χ1v) is 11.2. The number of benzene rings is 2. The first-order chi connectivity index (χ1) is 15.0. The van der Waals surface area contributed by atoms with Crippen molar-refractivity contribution in [3.63, 3.8) is 0 Å². The van der Waals surface area contributed by atoms with Crippen LogP contribution in [-0.4, -0.2) is 62.4 Å². The highest BCUT2D eigenvalue weighted by molar-refractivity contribution is 5.93. The Hall–Kier alpha value is -2.70. The number of hydrogen-bond acceptors (Lipinski definition) is 4. The van der Waals surface area contributed by atoms with Gasteiger partial charge in [-0.3, -0.25) is 14.5 Å². The minimum atomic E-state index is -0.898. The Kier molecular flexibility index (Phi) is 4.08. The number of rotatable bonds is 5. The number of fused-ring (bicyclic) bond motifs is 1. The van der Waals surface area contributed by atoms with Gasteiger partial charge in [-0.15, -0.1) is 0 Å². The summed E-state index contributed by atoms with van der Waals surface area (Å²) in [5.74, 6) is -0.898. The van der Waals surface area contributed by atoms with Crippen LogP contribution in [0.5, 0.6) is 0 Å². The van der Waals surface area contributed by atoms with Gasteiger partial charge in [-0.05, 0) is 43.9 Å². The molecule has 6 nitrogen and oxygen atoms in total. The van der Waals surface area contributed by atoms with Gasteiger partial charge in [0.05, 0.1) is 16.6 Å². The standard InChI is InChI=1S/C25H28N4O2/c1-18-21-8-7-20(23(30)31)13-22(21)26-29(18)25-15-24(16-25,17-25)28-11-9-27(10-12-28)14-19-5-3-2-4-6-19/h2-8,13H,9-12,14-17H2,1H3,(H,30,31). The van der Waals surface area contributed by atoms with Crippen LogP contribution >= 0.6 is 0 Å². The zero-order valence-electron chi connectivity index (χ0n) is 17.9. The average Bonchev–Trinajstić information content (AvgIpc) is 3.04. The number of aryl methyl sites for hydroxylation is 1. The molecule has 7 rings (SSSR count). The van der Waals surface area contributed by atoms with E-state index in [0.717, 1.165) is 49.3 Å². The molecule has 4 fully saturated rings. The average molecular weight is 417 g/mol. The van der Waals surface area contributed by atoms with E-state index in [1.54, 1.807) is 12.1 Å². The van der Waals surface area contributed by atoms with E-state index in [1.165, 1.54) is 24.8 Å². The topological polar surface area (TPSA) is 61.6 Å². The van der Waals surface area contributed by atoms with E-state index in [-0.39, 0.29) is 5.54 Å². The SMILES string of the molecule is Cc1c2ccc(C(=O)O)cc2nn1C12CC(N3CCN(Cc4ccccc4)CC3)(C1)C2. The zero-order valence-corrected chi connectivity index (χ0v) is 17.9. The summed E-state index contributed by atoms with van der Waals surface area (Å²) in [6.07, 6.45) is 3.50. The maximum Gasteiger partial charge on any atom is 0.335 e. The molecule has 3 aliphatic carbocycles. The lowest BCUT2D eigenvalue weighted by atomic mass is 9.43. The fraction of sp³-hybridized carbons (Fsp3) is 0.440. The maximum absolute atomic E-state index is 11.3. The van der Waals surface area contributed by atoms with Crippen LogP contribution in [0.4, 0.5) is 0 Å². The van der Waals surface area contributed by atoms with Gasteiger partial charge in [-0.2, -0.15) is 5.10 Å². The summed E-state index contributed by atoms with van der Waals surface area (Å²) >= 11 is 0. The van der Waals surface area contributed by atoms with Crippen LogP contribution in [0, 0.1) is 6.92 Å². The van der Waals surface area contributed by atoms with Crippen LogP contribution in [0.3, 0.4) is 0 Å². The second-order valence-corrected chi connectivity index (χ2v) is 9.76. The lowest BCUT2D eigenvalue weighted by Gasteiger charge is -2.74. The number of carbonyl (C=O) groups is 1. The lowest BCUT2D eigenvalue weighted by Crippen LogP contribution is -2.80. The molecule has 2 bridgehead atoms. The number of carboxylic acids is 1. The first kappa shape index (κ1) is 19.0. The Morgan fingerprint density at radius 3 is 2.39 bits per heavy atom. The molecule has 0 spiro atoms. The summed E-state index contributed by atoms with van der Waals surface area (Å²) in [7, 11) is 0. The molecule has 1 aromatic heterocycles. The number of piperazine rings is 1. The van der Waals surface area contributed by atoms with E-state index >= 15 is 0 Å². The van der Waals surface area contributed by atoms with Crippen molar-refractivity contribution < 1.29 is 9.90 Å². The van der Waals surface area contributed by atoms with Crippen LogP contribution in [0.15, 0.2) is 48.5 Å². The van der Waals surface area contributed by atoms with E-state index < -0.39 is 5.97 Å². The van der Waals surface area contributed by atoms with Crippen molar-refractivity contribution in [1.82, 2.24) is 19.6 Å². The molecule has 3 saturated carbocycles. The number of hydrogen-bond donors (Lipinski definition) is 1. The summed E-state index contributed by atoms with van der Waals surface area (Å²) in [5.41, 5.74) is 4.15. The van der Waals surface area contributed by atoms with E-state index in [1.807, 2.05) is 6.07 Å². The molecule has 0 radical (unpaired) electrons. The van der Waals surface area contributed by atoms with Crippen LogP contribution < -0.4 is 0 Å². The molecule has 31 heavy (non-hydrogen) atoms. The van der Waals surface area contributed by atoms with Crippen molar-refractivity contribution in [3.8, 4) is 0 Å². The van der Waals surface area contributed by atoms with Crippen LogP contribution in [0.1, 0.15) is 40.9 Å². The highest BCUT2D eigenvalue weighted by Gasteiger charge is 2.72. The van der Waals surface area contributed by atoms with Gasteiger partial charge in [-0.1, -0.05) is 36.4 Å². The van der Waals surface area contributed by atoms with Gasteiger partial charge >= 0.3 is 5.97 Å². The lowest BCUT2D eigenvalue weighted by molar-refractivity contribution is -0.218. The number of aromatic nitrogens is 2. The van der Waals surface area contributed by atoms with Gasteiger partial charge in [0.25, 0.3) is 0 Å². The van der Waals surface area contributed by atoms with Crippen molar-refractivity contribution in [2.24, 2.45) is 0 Å². The quantitative estimate of drug-likeness (QED) is 0.690. The summed E-state index contributed by atoms with van der Waals surface area (Å²) in [4.78, 5) is 16.6. The van der Waals surface area contributed by atoms with Crippen molar-refractivity contribution in [3.05, 3.63) is 65.4 Å². The summed E-state index contributed by atoms with van der Waals surface area (Å²) in [5, 5.41) is 15.2. The Balaban J connectivity index is 1.12. The fourth-order valence-electron chi connectivity index (χ4n) is 6.28. The van der Waals surface area contributed by atoms with Gasteiger partial charge in [0, 0.05) is 49.3 Å². The van der Waals surface area contributed by atoms with Crippen LogP contribution in [-0.2, 0) is 12.1 Å². The van der Waals surface area contributed by atoms with Gasteiger partial charge in [0.2, 0.25) is 0 Å². The first-order valence-electron chi connectivity index (χ1n) is 11.2. The molecule has 1 N–H and O–H groups in total. The second kappa shape index (κ2) is 6.65. The molecule has 1 aliphatic heterocycles. The van der Waals surface area contributed by atoms with E-state index in [0.29, 0.717) is 11.1 Å². The smallest absolute Gasteiger partial charge is 0.335 e. The summed E-state index contributed by atoms with van der Waals surface area (Å²) < 4.78 is 2.21. The summed E-state index contributed by atoms with van der Waals surface area (Å²) in [6.45, 7) is 7.71. The third-order valence-electron chi connectivity index (χ3n) is 7.88. The van der Waals surface area contributed by atoms with Gasteiger partial charge in [0.15, 0.2) is 0 Å². The molecule has 3 aromatic rings. The molecule has 6 heteroatoms. The number of carboxylic acid groups (broad SMARTS) is 1. The molecule has 2 heterocycles. The Morgan fingerprint density at radius 2 is 1.71 bits per heavy atom. The normalized spacial score (nSPS) is 28.3. The van der Waals surface area contributed by atoms with Gasteiger partial charge in [0.1, 0.15) is 0 Å². The molecule has 0 amide bonds. The Morgan fingerprint density at radius 1 is 1.00 bits per heavy atom. The predicted octanol–water partition coefficient (Wildman–Crippen LogP) is 3.49. The fourth-order valence-corrected chi connectivity index (χ4v) is 6.28. The largest absolute Gasteiger partial charge is 0.478 e. The third-order valence-corrected chi connectivity index (χ3v) is 7.88. The van der Waals surface area contributed by atoms with E-state index in [4.69, 9.17) is 5.10 Å². The highest BCUT2D eigenvalue weighted by Crippen LogP contribution is 2.68. The van der Waals surface area contributed by atoms with Crippen molar-refractivity contribution in [1.29, 1.82) is 0 Å². The second-order valence-electron chi connectivity index (χ2n) is 9.76. The van der Waals surface area contributed by atoms with Gasteiger partial charge < -0.3 is 5.11 Å². The third kappa shape index (κ3) is 2.85. The van der Waals surface area contributed by atoms with E-state index in [9.17, 15) is 9.90 Å². The minimum Gasteiger partial charge on any atom is -0.478 e. The van der Waals surface area contributed by atoms with Crippen LogP contribution in [0.2, 0.25) is 0 Å².